The molecular formula is C9H19N3O. The normalized spacial score (nSPS) is 25.8. The van der Waals surface area contributed by atoms with Crippen molar-refractivity contribution in [2.75, 3.05) is 6.54 Å². The van der Waals surface area contributed by atoms with Gasteiger partial charge >= 0.3 is 0 Å². The third-order valence-corrected chi connectivity index (χ3v) is 3.88. The number of nitrogens with one attached hydrogen (secondary N) is 1. The molecule has 1 fully saturated rings. The van der Waals surface area contributed by atoms with Gasteiger partial charge in [-0.2, -0.15) is 0 Å². The van der Waals surface area contributed by atoms with Crippen molar-refractivity contribution in [2.45, 2.75) is 27.7 Å². The third kappa shape index (κ3) is 1.50. The molecule has 1 saturated carbocycles. The van der Waals surface area contributed by atoms with Gasteiger partial charge < -0.3 is 5.73 Å². The average molecular weight is 185 g/mol. The van der Waals surface area contributed by atoms with E-state index in [-0.39, 0.29) is 5.96 Å². The summed E-state index contributed by atoms with van der Waals surface area (Å²) in [5, 5.41) is 8.42. The smallest absolute Gasteiger partial charge is 0.212 e. The molecule has 1 aliphatic rings. The van der Waals surface area contributed by atoms with Crippen LogP contribution < -0.4 is 11.2 Å². The van der Waals surface area contributed by atoms with E-state index in [9.17, 15) is 0 Å². The van der Waals surface area contributed by atoms with Crippen LogP contribution in [0.3, 0.4) is 0 Å². The molecule has 0 aliphatic heterocycles. The highest BCUT2D eigenvalue weighted by Gasteiger charge is 2.64. The van der Waals surface area contributed by atoms with E-state index < -0.39 is 0 Å². The van der Waals surface area contributed by atoms with Crippen LogP contribution in [0.2, 0.25) is 0 Å². The zero-order chi connectivity index (χ0) is 10.3. The predicted octanol–water partition coefficient (Wildman–Crippen LogP) is 0.962. The Hall–Kier alpha value is -0.770. The summed E-state index contributed by atoms with van der Waals surface area (Å²) in [6, 6.07) is 0. The first kappa shape index (κ1) is 10.3. The lowest BCUT2D eigenvalue weighted by Gasteiger charge is -2.04. The maximum absolute atomic E-state index is 8.42. The number of nitrogens with zero attached hydrogens (tertiary/aromatic N) is 1. The Balaban J connectivity index is 2.52. The first-order valence-corrected chi connectivity index (χ1v) is 4.54. The molecule has 0 aromatic rings. The second-order valence-electron chi connectivity index (χ2n) is 4.83. The van der Waals surface area contributed by atoms with Gasteiger partial charge in [-0.1, -0.05) is 27.7 Å². The maximum Gasteiger partial charge on any atom is 0.212 e. The topological polar surface area (TPSA) is 70.6 Å². The molecule has 4 N–H and O–H groups in total. The Morgan fingerprint density at radius 1 is 1.38 bits per heavy atom. The summed E-state index contributed by atoms with van der Waals surface area (Å²) in [5.41, 5.74) is 7.80. The average Bonchev–Trinajstić information content (AvgIpc) is 2.40. The molecule has 0 amide bonds. The van der Waals surface area contributed by atoms with E-state index in [1.165, 1.54) is 0 Å². The summed E-state index contributed by atoms with van der Waals surface area (Å²) in [7, 11) is 0. The molecule has 1 aliphatic carbocycles. The molecule has 0 saturated heterocycles. The lowest BCUT2D eigenvalue weighted by atomic mass is 10.0. The van der Waals surface area contributed by atoms with Crippen molar-refractivity contribution < 1.29 is 5.21 Å². The van der Waals surface area contributed by atoms with Gasteiger partial charge in [0.05, 0.1) is 0 Å². The largest absolute Gasteiger partial charge is 0.368 e. The first-order chi connectivity index (χ1) is 5.84. The summed E-state index contributed by atoms with van der Waals surface area (Å²) in [4.78, 5) is 4.03. The van der Waals surface area contributed by atoms with Crippen LogP contribution in [0.5, 0.6) is 0 Å². The SMILES string of the molecule is CC1(C)C(CN=C(N)NO)C1(C)C. The number of nitrogens with two attached hydrogens (primary N) is 1. The van der Waals surface area contributed by atoms with Crippen molar-refractivity contribution in [3.63, 3.8) is 0 Å². The molecule has 0 aromatic carbocycles. The highest BCUT2D eigenvalue weighted by Crippen LogP contribution is 2.68. The monoisotopic (exact) mass is 185 g/mol. The minimum absolute atomic E-state index is 0.0958. The van der Waals surface area contributed by atoms with Crippen LogP contribution in [0.25, 0.3) is 0 Å². The quantitative estimate of drug-likeness (QED) is 0.341. The molecule has 0 aromatic heterocycles. The maximum atomic E-state index is 8.42. The van der Waals surface area contributed by atoms with E-state index in [1.807, 2.05) is 5.48 Å². The summed E-state index contributed by atoms with van der Waals surface area (Å²) in [6.07, 6.45) is 0. The van der Waals surface area contributed by atoms with Crippen molar-refractivity contribution in [1.29, 1.82) is 0 Å². The fraction of sp³-hybridized carbons (Fsp3) is 0.889. The number of hydroxylamine groups is 1. The van der Waals surface area contributed by atoms with Crippen LogP contribution in [-0.4, -0.2) is 17.7 Å². The summed E-state index contributed by atoms with van der Waals surface area (Å²) >= 11 is 0. The number of hydrogen-bond donors (Lipinski definition) is 3. The Bertz CT molecular complexity index is 219. The van der Waals surface area contributed by atoms with E-state index >= 15 is 0 Å². The lowest BCUT2D eigenvalue weighted by Crippen LogP contribution is -2.28. The lowest BCUT2D eigenvalue weighted by molar-refractivity contribution is 0.232. The van der Waals surface area contributed by atoms with Gasteiger partial charge in [-0.15, -0.1) is 0 Å². The van der Waals surface area contributed by atoms with Gasteiger partial charge in [0, 0.05) is 6.54 Å². The van der Waals surface area contributed by atoms with Gasteiger partial charge in [0.15, 0.2) is 0 Å². The number of guanidine groups is 1. The number of hydrogen-bond acceptors (Lipinski definition) is 2. The van der Waals surface area contributed by atoms with Crippen LogP contribution in [0.15, 0.2) is 4.99 Å². The molecule has 0 spiro atoms. The predicted molar refractivity (Wildman–Crippen MR) is 52.5 cm³/mol. The minimum atomic E-state index is 0.0958. The van der Waals surface area contributed by atoms with Crippen molar-refractivity contribution in [3.05, 3.63) is 0 Å². The van der Waals surface area contributed by atoms with Crippen molar-refractivity contribution in [1.82, 2.24) is 5.48 Å². The molecule has 0 unspecified atom stereocenters. The standard InChI is InChI=1S/C9H19N3O/c1-8(2)6(9(8,3)4)5-11-7(10)12-13/h6,13H,5H2,1-4H3,(H3,10,11,12). The van der Waals surface area contributed by atoms with Gasteiger partial charge in [0.25, 0.3) is 0 Å². The number of aliphatic imine (C=N–C) groups is 1. The molecule has 0 heterocycles. The van der Waals surface area contributed by atoms with Crippen LogP contribution in [-0.2, 0) is 0 Å². The van der Waals surface area contributed by atoms with E-state index in [2.05, 4.69) is 32.7 Å². The van der Waals surface area contributed by atoms with E-state index in [1.54, 1.807) is 0 Å². The van der Waals surface area contributed by atoms with Crippen molar-refractivity contribution in [2.24, 2.45) is 27.5 Å². The number of rotatable bonds is 2. The van der Waals surface area contributed by atoms with Gasteiger partial charge in [-0.05, 0) is 16.7 Å². The Labute approximate surface area is 79.2 Å². The minimum Gasteiger partial charge on any atom is -0.368 e. The molecule has 0 atom stereocenters. The van der Waals surface area contributed by atoms with Crippen LogP contribution >= 0.6 is 0 Å². The fourth-order valence-corrected chi connectivity index (χ4v) is 2.01. The second kappa shape index (κ2) is 2.87. The van der Waals surface area contributed by atoms with Crippen molar-refractivity contribution >= 4 is 5.96 Å². The van der Waals surface area contributed by atoms with Gasteiger partial charge in [-0.3, -0.25) is 10.2 Å². The zero-order valence-corrected chi connectivity index (χ0v) is 8.76. The molecule has 0 bridgehead atoms. The summed E-state index contributed by atoms with van der Waals surface area (Å²) in [5.74, 6) is 0.644. The molecule has 1 rings (SSSR count). The molecule has 0 radical (unpaired) electrons. The Morgan fingerprint density at radius 3 is 2.15 bits per heavy atom. The van der Waals surface area contributed by atoms with Crippen molar-refractivity contribution in [3.8, 4) is 0 Å². The van der Waals surface area contributed by atoms with Crippen LogP contribution in [0.4, 0.5) is 0 Å². The third-order valence-electron chi connectivity index (χ3n) is 3.88. The fourth-order valence-electron chi connectivity index (χ4n) is 2.01. The summed E-state index contributed by atoms with van der Waals surface area (Å²) in [6.45, 7) is 9.61. The molecule has 76 valence electrons. The molecule has 4 heteroatoms. The zero-order valence-electron chi connectivity index (χ0n) is 8.76. The van der Waals surface area contributed by atoms with E-state index in [0.29, 0.717) is 23.3 Å². The van der Waals surface area contributed by atoms with E-state index in [0.717, 1.165) is 0 Å². The Morgan fingerprint density at radius 2 is 1.85 bits per heavy atom. The van der Waals surface area contributed by atoms with Gasteiger partial charge in [0.1, 0.15) is 0 Å². The van der Waals surface area contributed by atoms with E-state index in [4.69, 9.17) is 10.9 Å². The van der Waals surface area contributed by atoms with Crippen LogP contribution in [0, 0.1) is 16.7 Å². The van der Waals surface area contributed by atoms with Crippen LogP contribution in [0.1, 0.15) is 27.7 Å². The van der Waals surface area contributed by atoms with Gasteiger partial charge in [0.2, 0.25) is 5.96 Å². The highest BCUT2D eigenvalue weighted by molar-refractivity contribution is 5.76. The summed E-state index contributed by atoms with van der Waals surface area (Å²) < 4.78 is 0. The first-order valence-electron chi connectivity index (χ1n) is 4.54. The second-order valence-corrected chi connectivity index (χ2v) is 4.83. The molecule has 4 nitrogen and oxygen atoms in total. The Kier molecular flexibility index (Phi) is 2.28. The highest BCUT2D eigenvalue weighted by atomic mass is 16.5. The van der Waals surface area contributed by atoms with Gasteiger partial charge in [-0.25, -0.2) is 5.48 Å². The molecular weight excluding hydrogens is 166 g/mol. The molecule has 13 heavy (non-hydrogen) atoms.